The van der Waals surface area contributed by atoms with Crippen LogP contribution in [0.2, 0.25) is 0 Å². The average molecular weight is 517 g/mol. The molecule has 143 valence electrons. The van der Waals surface area contributed by atoms with E-state index >= 15 is 0 Å². The molecule has 2 rings (SSSR count). The fourth-order valence-corrected chi connectivity index (χ4v) is 2.21. The monoisotopic (exact) mass is 518 g/mol. The van der Waals surface area contributed by atoms with Crippen molar-refractivity contribution in [1.82, 2.24) is 0 Å². The zero-order valence-corrected chi connectivity index (χ0v) is 20.8. The number of rotatable bonds is 1. The second-order valence-electron chi connectivity index (χ2n) is 6.84. The first-order chi connectivity index (χ1) is 9.86. The molecule has 2 saturated carbocycles. The molecule has 0 aromatic rings. The molecule has 0 aromatic carbocycles. The Balaban J connectivity index is -0.000000103. The van der Waals surface area contributed by atoms with E-state index in [2.05, 4.69) is 31.9 Å². The summed E-state index contributed by atoms with van der Waals surface area (Å²) in [4.78, 5) is 4.08. The molecule has 0 spiro atoms. The summed E-state index contributed by atoms with van der Waals surface area (Å²) in [6, 6.07) is 0.400. The van der Waals surface area contributed by atoms with Crippen LogP contribution in [0.15, 0.2) is 4.99 Å². The van der Waals surface area contributed by atoms with Gasteiger partial charge in [-0.3, -0.25) is 0 Å². The molecule has 0 unspecified atom stereocenters. The molecule has 2 aliphatic carbocycles. The molecule has 0 aliphatic heterocycles. The number of hydrogen-bond donors (Lipinski definition) is 0. The van der Waals surface area contributed by atoms with Gasteiger partial charge in [-0.1, -0.05) is 71.1 Å². The molecule has 0 atom stereocenters. The van der Waals surface area contributed by atoms with Crippen LogP contribution in [0.3, 0.4) is 0 Å². The minimum atomic E-state index is 0. The summed E-state index contributed by atoms with van der Waals surface area (Å²) in [7, 11) is 0.380. The van der Waals surface area contributed by atoms with E-state index in [0.29, 0.717) is 14.0 Å². The van der Waals surface area contributed by atoms with E-state index in [1.807, 2.05) is 20.8 Å². The van der Waals surface area contributed by atoms with Crippen molar-refractivity contribution in [3.05, 3.63) is 6.92 Å². The molecule has 2 fully saturated rings. The normalized spacial score (nSPS) is 15.9. The summed E-state index contributed by atoms with van der Waals surface area (Å²) in [5, 5.41) is 0. The van der Waals surface area contributed by atoms with Crippen molar-refractivity contribution in [3.63, 3.8) is 0 Å². The molecule has 23 heavy (non-hydrogen) atoms. The summed E-state index contributed by atoms with van der Waals surface area (Å²) in [5.41, 5.74) is 0.912. The van der Waals surface area contributed by atoms with Crippen LogP contribution < -0.4 is 0 Å². The zero-order chi connectivity index (χ0) is 16.5. The fourth-order valence-electron chi connectivity index (χ4n) is 2.21. The van der Waals surface area contributed by atoms with Gasteiger partial charge < -0.3 is 11.9 Å². The second kappa shape index (κ2) is 25.5. The van der Waals surface area contributed by atoms with Gasteiger partial charge in [0.15, 0.2) is 0 Å². The Bertz CT molecular complexity index is 191. The minimum absolute atomic E-state index is 0. The Morgan fingerprint density at radius 2 is 0.957 bits per heavy atom. The topological polar surface area (TPSA) is 12.4 Å². The molecule has 1 radical (unpaired) electrons. The molecule has 0 heterocycles. The van der Waals surface area contributed by atoms with E-state index < -0.39 is 0 Å². The Hall–Kier alpha value is 1.22. The van der Waals surface area contributed by atoms with Crippen LogP contribution in [0, 0.1) is 6.92 Å². The summed E-state index contributed by atoms with van der Waals surface area (Å²) in [5.74, 6) is 0. The van der Waals surface area contributed by atoms with Crippen LogP contribution in [-0.4, -0.2) is 31.7 Å². The molecule has 0 bridgehead atoms. The smallest absolute Gasteiger partial charge is 0.361 e. The van der Waals surface area contributed by atoms with E-state index in [4.69, 9.17) is 0 Å². The van der Waals surface area contributed by atoms with Gasteiger partial charge in [-0.2, -0.15) is 0 Å². The summed E-state index contributed by atoms with van der Waals surface area (Å²) in [6.07, 6.45) is 15.0. The molecule has 2 aliphatic rings. The van der Waals surface area contributed by atoms with Gasteiger partial charge in [-0.05, 0) is 33.8 Å². The molecule has 0 saturated heterocycles. The largest absolute Gasteiger partial charge is 1.00 e. The van der Waals surface area contributed by atoms with E-state index in [-0.39, 0.29) is 39.0 Å². The SMILES string of the molecule is C1CCCC1.C1CCCC1.CP(C)C.[CH2-]C(C)=NC(C)C.[Ru+].[Ru]. The summed E-state index contributed by atoms with van der Waals surface area (Å²) in [6.45, 7) is 16.3. The van der Waals surface area contributed by atoms with E-state index in [1.54, 1.807) is 0 Å². The summed E-state index contributed by atoms with van der Waals surface area (Å²) >= 11 is 0. The van der Waals surface area contributed by atoms with Gasteiger partial charge in [0.1, 0.15) is 0 Å². The van der Waals surface area contributed by atoms with Crippen molar-refractivity contribution in [1.29, 1.82) is 0 Å². The van der Waals surface area contributed by atoms with Gasteiger partial charge in [-0.25, -0.2) is 0 Å². The van der Waals surface area contributed by atoms with Crippen molar-refractivity contribution in [3.8, 4) is 0 Å². The quantitative estimate of drug-likeness (QED) is 0.155. The van der Waals surface area contributed by atoms with Gasteiger partial charge >= 0.3 is 19.5 Å². The number of aliphatic imine (C=N–C) groups is 1. The standard InChI is InChI=1S/C6H12N.2C5H10.C3H9P.2Ru/c1-5(2)7-6(3)4;2*1-2-4-5-3-1;1-4(2)3;;/h6H,1H2,2-4H3;2*1-5H2;1-3H3;;/q-1;;;;;+1. The van der Waals surface area contributed by atoms with Crippen LogP contribution in [0.25, 0.3) is 0 Å². The first-order valence-electron chi connectivity index (χ1n) is 8.83. The van der Waals surface area contributed by atoms with Crippen LogP contribution in [0.1, 0.15) is 85.0 Å². The fraction of sp³-hybridized carbons (Fsp3) is 0.895. The average Bonchev–Trinajstić information content (AvgIpc) is 3.07. The third-order valence-electron chi connectivity index (χ3n) is 2.98. The molecular weight excluding hydrogens is 475 g/mol. The van der Waals surface area contributed by atoms with E-state index in [9.17, 15) is 0 Å². The van der Waals surface area contributed by atoms with E-state index in [0.717, 1.165) is 5.71 Å². The van der Waals surface area contributed by atoms with Crippen LogP contribution in [-0.2, 0) is 39.0 Å². The van der Waals surface area contributed by atoms with Gasteiger partial charge in [-0.15, -0.1) is 13.6 Å². The summed E-state index contributed by atoms with van der Waals surface area (Å²) < 4.78 is 0. The number of hydrogen-bond acceptors (Lipinski definition) is 1. The van der Waals surface area contributed by atoms with Crippen molar-refractivity contribution in [2.45, 2.75) is 91.0 Å². The predicted octanol–water partition coefficient (Wildman–Crippen LogP) is 6.94. The van der Waals surface area contributed by atoms with Crippen LogP contribution in [0.4, 0.5) is 0 Å². The second-order valence-corrected chi connectivity index (χ2v) is 9.52. The Labute approximate surface area is 174 Å². The molecule has 1 nitrogen and oxygen atoms in total. The predicted molar refractivity (Wildman–Crippen MR) is 104 cm³/mol. The molecule has 0 N–H and O–H groups in total. The third-order valence-corrected chi connectivity index (χ3v) is 2.98. The maximum atomic E-state index is 4.08. The van der Waals surface area contributed by atoms with Gasteiger partial charge in [0.25, 0.3) is 0 Å². The van der Waals surface area contributed by atoms with Gasteiger partial charge in [0.05, 0.1) is 0 Å². The zero-order valence-electron chi connectivity index (χ0n) is 16.5. The van der Waals surface area contributed by atoms with Crippen molar-refractivity contribution in [2.75, 3.05) is 20.0 Å². The maximum Gasteiger partial charge on any atom is 1.00 e. The van der Waals surface area contributed by atoms with Crippen molar-refractivity contribution >= 4 is 13.6 Å². The first-order valence-corrected chi connectivity index (χ1v) is 11.5. The van der Waals surface area contributed by atoms with Crippen molar-refractivity contribution < 1.29 is 39.0 Å². The minimum Gasteiger partial charge on any atom is -0.361 e. The Morgan fingerprint density at radius 3 is 1.00 bits per heavy atom. The Kier molecular flexibility index (Phi) is 35.3. The van der Waals surface area contributed by atoms with Crippen LogP contribution >= 0.6 is 7.92 Å². The molecule has 0 aromatic heterocycles. The molecule has 0 amide bonds. The molecular formula is C19H41NPRu2. The van der Waals surface area contributed by atoms with Crippen LogP contribution in [0.5, 0.6) is 0 Å². The maximum absolute atomic E-state index is 4.08. The van der Waals surface area contributed by atoms with E-state index in [1.165, 1.54) is 64.2 Å². The third kappa shape index (κ3) is 45.1. The first kappa shape index (κ1) is 31.9. The van der Waals surface area contributed by atoms with Gasteiger partial charge in [0, 0.05) is 25.5 Å². The van der Waals surface area contributed by atoms with Gasteiger partial charge in [0.2, 0.25) is 0 Å². The van der Waals surface area contributed by atoms with Crippen molar-refractivity contribution in [2.24, 2.45) is 4.99 Å². The Morgan fingerprint density at radius 1 is 0.783 bits per heavy atom. The molecule has 4 heteroatoms. The number of nitrogens with zero attached hydrogens (tertiary/aromatic N) is 1.